The van der Waals surface area contributed by atoms with E-state index in [4.69, 9.17) is 0 Å². The Balaban J connectivity index is 2.02. The number of hydrogen-bond donors (Lipinski definition) is 0. The van der Waals surface area contributed by atoms with Crippen LogP contribution in [0.25, 0.3) is 0 Å². The minimum absolute atomic E-state index is 0.187. The molecule has 0 aromatic heterocycles. The zero-order chi connectivity index (χ0) is 21.1. The quantitative estimate of drug-likeness (QED) is 0.259. The van der Waals surface area contributed by atoms with Crippen molar-refractivity contribution in [2.75, 3.05) is 6.54 Å². The Morgan fingerprint density at radius 3 is 1.72 bits per heavy atom. The van der Waals surface area contributed by atoms with Gasteiger partial charge in [-0.3, -0.25) is 0 Å². The van der Waals surface area contributed by atoms with Crippen LogP contribution in [0, 0.1) is 0 Å². The second-order valence-electron chi connectivity index (χ2n) is 8.32. The van der Waals surface area contributed by atoms with Crippen molar-refractivity contribution >= 4 is 36.5 Å². The molecule has 1 heterocycles. The zero-order valence-electron chi connectivity index (χ0n) is 18.5. The summed E-state index contributed by atoms with van der Waals surface area (Å²) in [6, 6.07) is 9.12. The van der Waals surface area contributed by atoms with E-state index >= 15 is 0 Å². The predicted octanol–water partition coefficient (Wildman–Crippen LogP) is 5.21. The molecule has 1 aliphatic heterocycles. The Morgan fingerprint density at radius 1 is 0.793 bits per heavy atom. The fourth-order valence-corrected chi connectivity index (χ4v) is 9.34. The first-order chi connectivity index (χ1) is 14.0. The molecule has 0 fully saturated rings. The summed E-state index contributed by atoms with van der Waals surface area (Å²) in [5, 5.41) is 0. The number of nitrogens with zero attached hydrogens (tertiary/aromatic N) is 1. The summed E-state index contributed by atoms with van der Waals surface area (Å²) in [6.45, 7) is 7.41. The van der Waals surface area contributed by atoms with Crippen molar-refractivity contribution in [1.82, 2.24) is 4.90 Å². The average molecular weight is 502 g/mol. The summed E-state index contributed by atoms with van der Waals surface area (Å²) in [4.78, 5) is 24.7. The number of rotatable bonds is 14. The van der Waals surface area contributed by atoms with Crippen LogP contribution in [0.5, 0.6) is 0 Å². The van der Waals surface area contributed by atoms with Crippen molar-refractivity contribution in [3.63, 3.8) is 0 Å². The fraction of sp³-hybridized carbons (Fsp3) is 0.600. The second kappa shape index (κ2) is 12.6. The van der Waals surface area contributed by atoms with Crippen LogP contribution in [-0.2, 0) is 16.0 Å². The van der Waals surface area contributed by atoms with E-state index in [1.807, 2.05) is 0 Å². The molecule has 2 radical (unpaired) electrons. The molecule has 158 valence electrons. The van der Waals surface area contributed by atoms with Crippen molar-refractivity contribution in [3.8, 4) is 0 Å². The maximum atomic E-state index is 11.7. The number of benzene rings is 1. The molecular weight excluding hydrogens is 465 g/mol. The summed E-state index contributed by atoms with van der Waals surface area (Å²) in [7, 11) is 0. The number of hydrogen-bond acceptors (Lipinski definition) is 2. The van der Waals surface area contributed by atoms with Crippen LogP contribution >= 0.6 is 0 Å². The van der Waals surface area contributed by atoms with E-state index in [-0.39, 0.29) is 11.8 Å². The van der Waals surface area contributed by atoms with Gasteiger partial charge >= 0.3 is 188 Å². The van der Waals surface area contributed by atoms with Crippen LogP contribution in [0.4, 0.5) is 0 Å². The van der Waals surface area contributed by atoms with Gasteiger partial charge in [-0.2, -0.15) is 0 Å². The minimum atomic E-state index is -0.696. The fourth-order valence-electron chi connectivity index (χ4n) is 4.06. The van der Waals surface area contributed by atoms with Gasteiger partial charge in [0, 0.05) is 0 Å². The molecule has 1 aliphatic rings. The number of amides is 2. The van der Waals surface area contributed by atoms with Crippen molar-refractivity contribution in [2.24, 2.45) is 0 Å². The first-order valence-corrected chi connectivity index (χ1v) is 14.3. The van der Waals surface area contributed by atoms with Gasteiger partial charge in [-0.25, -0.2) is 0 Å². The third kappa shape index (κ3) is 7.58. The van der Waals surface area contributed by atoms with E-state index in [1.165, 1.54) is 80.4 Å². The Hall–Kier alpha value is -1.10. The molecule has 4 heteroatoms. The van der Waals surface area contributed by atoms with Gasteiger partial charge in [0.1, 0.15) is 0 Å². The van der Waals surface area contributed by atoms with Gasteiger partial charge in [0.25, 0.3) is 0 Å². The van der Waals surface area contributed by atoms with Crippen LogP contribution in [0.15, 0.2) is 36.4 Å². The van der Waals surface area contributed by atoms with Crippen LogP contribution in [0.3, 0.4) is 0 Å². The van der Waals surface area contributed by atoms with Gasteiger partial charge in [-0.15, -0.1) is 0 Å². The Kier molecular flexibility index (Phi) is 10.5. The van der Waals surface area contributed by atoms with Gasteiger partial charge < -0.3 is 0 Å². The van der Waals surface area contributed by atoms with Gasteiger partial charge in [0.05, 0.1) is 0 Å². The molecular formula is C25H37NO2Sn. The maximum absolute atomic E-state index is 11.7. The molecule has 1 aromatic carbocycles. The van der Waals surface area contributed by atoms with Crippen LogP contribution in [-0.4, -0.2) is 44.4 Å². The molecule has 1 aromatic rings. The molecule has 0 N–H and O–H groups in total. The molecule has 3 nitrogen and oxygen atoms in total. The molecule has 0 spiro atoms. The summed E-state index contributed by atoms with van der Waals surface area (Å²) in [6.07, 6.45) is 15.6. The molecule has 0 unspecified atom stereocenters. The summed E-state index contributed by atoms with van der Waals surface area (Å²) in [5.74, 6) is -0.374. The first kappa shape index (κ1) is 24.2. The van der Waals surface area contributed by atoms with Gasteiger partial charge in [0.2, 0.25) is 0 Å². The zero-order valence-corrected chi connectivity index (χ0v) is 21.4. The normalized spacial score (nSPS) is 14.2. The van der Waals surface area contributed by atoms with E-state index < -0.39 is 21.1 Å². The number of unbranched alkanes of at least 4 members (excludes halogenated alkanes) is 3. The number of carbonyl (C=O) groups excluding carboxylic acids is 2. The third-order valence-corrected chi connectivity index (χ3v) is 11.3. The molecule has 0 bridgehead atoms. The second-order valence-corrected chi connectivity index (χ2v) is 13.7. The standard InChI is InChI=1S/C13H27.C12H10NO2.Sn/c1-4-7-10-13(11-8-5-2)12-9-6-3;14-11-6-7-12(15)13(11)9-8-10-4-2-1-3-5-10;/h4-12H2,1-3H3;2-7H,8-9H2;. The van der Waals surface area contributed by atoms with Crippen molar-refractivity contribution in [2.45, 2.75) is 88.4 Å². The summed E-state index contributed by atoms with van der Waals surface area (Å²) in [5.41, 5.74) is 1.21. The molecule has 0 saturated carbocycles. The van der Waals surface area contributed by atoms with Crippen LogP contribution in [0.2, 0.25) is 3.43 Å². The summed E-state index contributed by atoms with van der Waals surface area (Å²) >= 11 is -0.696. The molecule has 0 atom stereocenters. The van der Waals surface area contributed by atoms with E-state index in [9.17, 15) is 9.59 Å². The van der Waals surface area contributed by atoms with Gasteiger partial charge in [0.15, 0.2) is 0 Å². The SMILES string of the molecule is CCCC[C](CCCC)(CCCC)[Sn][c]1ccc(CCN2C(=O)C=CC2=O)cc1. The molecule has 2 amide bonds. The average Bonchev–Trinajstić information content (AvgIpc) is 3.06. The van der Waals surface area contributed by atoms with Crippen molar-refractivity contribution in [3.05, 3.63) is 42.0 Å². The monoisotopic (exact) mass is 503 g/mol. The number of imide groups is 1. The Labute approximate surface area is 187 Å². The van der Waals surface area contributed by atoms with Gasteiger partial charge in [-0.1, -0.05) is 0 Å². The van der Waals surface area contributed by atoms with Crippen molar-refractivity contribution < 1.29 is 9.59 Å². The summed E-state index contributed by atoms with van der Waals surface area (Å²) < 4.78 is 2.20. The third-order valence-electron chi connectivity index (χ3n) is 5.91. The topological polar surface area (TPSA) is 37.4 Å². The predicted molar refractivity (Wildman–Crippen MR) is 123 cm³/mol. The Morgan fingerprint density at radius 2 is 1.28 bits per heavy atom. The molecule has 0 saturated heterocycles. The van der Waals surface area contributed by atoms with E-state index in [1.54, 1.807) is 3.58 Å². The van der Waals surface area contributed by atoms with Crippen LogP contribution < -0.4 is 3.58 Å². The van der Waals surface area contributed by atoms with E-state index in [0.29, 0.717) is 9.98 Å². The Bertz CT molecular complexity index is 641. The molecule has 2 rings (SSSR count). The molecule has 29 heavy (non-hydrogen) atoms. The first-order valence-electron chi connectivity index (χ1n) is 11.4. The van der Waals surface area contributed by atoms with Gasteiger partial charge in [-0.05, 0) is 0 Å². The van der Waals surface area contributed by atoms with Crippen molar-refractivity contribution in [1.29, 1.82) is 0 Å². The van der Waals surface area contributed by atoms with E-state index in [0.717, 1.165) is 6.42 Å². The molecule has 0 aliphatic carbocycles. The van der Waals surface area contributed by atoms with E-state index in [2.05, 4.69) is 45.0 Å². The van der Waals surface area contributed by atoms with Crippen LogP contribution in [0.1, 0.15) is 84.1 Å². The number of carbonyl (C=O) groups is 2.